The number of carbonyl (C=O) groups is 3. The van der Waals surface area contributed by atoms with Crippen molar-refractivity contribution in [2.24, 2.45) is 0 Å². The molecule has 0 fully saturated rings. The lowest BCUT2D eigenvalue weighted by Crippen LogP contribution is -2.41. The van der Waals surface area contributed by atoms with Crippen molar-refractivity contribution in [2.45, 2.75) is 6.54 Å². The minimum atomic E-state index is -0.825. The van der Waals surface area contributed by atoms with Crippen LogP contribution in [0.2, 0.25) is 10.0 Å². The van der Waals surface area contributed by atoms with Crippen LogP contribution in [-0.2, 0) is 16.1 Å². The highest BCUT2D eigenvalue weighted by atomic mass is 35.5. The summed E-state index contributed by atoms with van der Waals surface area (Å²) in [6.07, 6.45) is 1.46. The topological polar surface area (TPSA) is 97.6 Å². The molecule has 1 aromatic carbocycles. The third kappa shape index (κ3) is 5.00. The molecule has 0 bridgehead atoms. The molecule has 2 N–H and O–H groups in total. The van der Waals surface area contributed by atoms with Gasteiger partial charge in [-0.25, -0.2) is 9.59 Å². The Morgan fingerprint density at radius 2 is 1.92 bits per heavy atom. The third-order valence-corrected chi connectivity index (χ3v) is 3.58. The molecule has 0 radical (unpaired) electrons. The normalized spacial score (nSPS) is 10.1. The number of carbonyl (C=O) groups excluding carboxylic acids is 3. The van der Waals surface area contributed by atoms with Crippen LogP contribution in [-0.4, -0.2) is 24.5 Å². The van der Waals surface area contributed by atoms with Gasteiger partial charge in [-0.15, -0.1) is 0 Å². The van der Waals surface area contributed by atoms with Gasteiger partial charge in [0.25, 0.3) is 5.91 Å². The van der Waals surface area contributed by atoms with Gasteiger partial charge < -0.3 is 14.5 Å². The maximum atomic E-state index is 11.8. The Kier molecular flexibility index (Phi) is 6.22. The van der Waals surface area contributed by atoms with Crippen molar-refractivity contribution in [2.75, 3.05) is 6.61 Å². The number of urea groups is 1. The SMILES string of the molecule is O=C(COC(=O)c1cccc(Cl)c1Cl)NC(=O)NCc1ccco1. The first-order valence-electron chi connectivity index (χ1n) is 6.68. The van der Waals surface area contributed by atoms with E-state index in [-0.39, 0.29) is 22.2 Å². The lowest BCUT2D eigenvalue weighted by molar-refractivity contribution is -0.123. The molecule has 2 aromatic rings. The second-order valence-electron chi connectivity index (χ2n) is 4.49. The first-order chi connectivity index (χ1) is 11.5. The third-order valence-electron chi connectivity index (χ3n) is 2.76. The Bertz CT molecular complexity index is 746. The summed E-state index contributed by atoms with van der Waals surface area (Å²) in [5.74, 6) is -1.09. The molecule has 24 heavy (non-hydrogen) atoms. The Hall–Kier alpha value is -2.51. The van der Waals surface area contributed by atoms with Gasteiger partial charge in [-0.2, -0.15) is 0 Å². The first-order valence-corrected chi connectivity index (χ1v) is 7.44. The molecule has 0 aliphatic carbocycles. The standard InChI is InChI=1S/C15H12Cl2N2O5/c16-11-5-1-4-10(13(11)17)14(21)24-8-12(20)19-15(22)18-7-9-3-2-6-23-9/h1-6H,7-8H2,(H2,18,19,20,22). The van der Waals surface area contributed by atoms with Crippen molar-refractivity contribution in [3.63, 3.8) is 0 Å². The molecule has 9 heteroatoms. The van der Waals surface area contributed by atoms with Gasteiger partial charge in [-0.3, -0.25) is 10.1 Å². The van der Waals surface area contributed by atoms with Gasteiger partial charge in [0.15, 0.2) is 6.61 Å². The van der Waals surface area contributed by atoms with Gasteiger partial charge in [0, 0.05) is 0 Å². The molecule has 1 aromatic heterocycles. The van der Waals surface area contributed by atoms with Crippen molar-refractivity contribution in [3.05, 3.63) is 58.0 Å². The van der Waals surface area contributed by atoms with Gasteiger partial charge in [0.05, 0.1) is 28.4 Å². The van der Waals surface area contributed by atoms with E-state index in [0.717, 1.165) is 0 Å². The number of hydrogen-bond donors (Lipinski definition) is 2. The number of amides is 3. The molecule has 0 saturated heterocycles. The van der Waals surface area contributed by atoms with Crippen molar-refractivity contribution >= 4 is 41.1 Å². The highest BCUT2D eigenvalue weighted by Gasteiger charge is 2.16. The molecule has 0 unspecified atom stereocenters. The summed E-state index contributed by atoms with van der Waals surface area (Å²) in [5, 5.41) is 4.63. The van der Waals surface area contributed by atoms with E-state index in [4.69, 9.17) is 32.4 Å². The number of imide groups is 1. The quantitative estimate of drug-likeness (QED) is 0.788. The molecule has 0 saturated carbocycles. The van der Waals surface area contributed by atoms with E-state index in [1.54, 1.807) is 12.1 Å². The van der Waals surface area contributed by atoms with Gasteiger partial charge in [0.2, 0.25) is 0 Å². The first kappa shape index (κ1) is 17.8. The van der Waals surface area contributed by atoms with E-state index in [1.807, 2.05) is 5.32 Å². The van der Waals surface area contributed by atoms with Crippen LogP contribution in [0.15, 0.2) is 41.0 Å². The lowest BCUT2D eigenvalue weighted by atomic mass is 10.2. The number of halogens is 2. The number of hydrogen-bond acceptors (Lipinski definition) is 5. The van der Waals surface area contributed by atoms with E-state index in [9.17, 15) is 14.4 Å². The average molecular weight is 371 g/mol. The zero-order chi connectivity index (χ0) is 17.5. The summed E-state index contributed by atoms with van der Waals surface area (Å²) in [6.45, 7) is -0.528. The van der Waals surface area contributed by atoms with E-state index >= 15 is 0 Å². The molecule has 7 nitrogen and oxygen atoms in total. The molecule has 126 valence electrons. The van der Waals surface area contributed by atoms with Crippen LogP contribution in [0, 0.1) is 0 Å². The smallest absolute Gasteiger partial charge is 0.340 e. The second-order valence-corrected chi connectivity index (χ2v) is 5.27. The summed E-state index contributed by atoms with van der Waals surface area (Å²) < 4.78 is 9.80. The van der Waals surface area contributed by atoms with E-state index in [2.05, 4.69) is 5.32 Å². The number of benzene rings is 1. The molecule has 0 aliphatic heterocycles. The lowest BCUT2D eigenvalue weighted by Gasteiger charge is -2.08. The van der Waals surface area contributed by atoms with Crippen LogP contribution in [0.4, 0.5) is 4.79 Å². The van der Waals surface area contributed by atoms with Crippen LogP contribution < -0.4 is 10.6 Å². The minimum absolute atomic E-state index is 0.0271. The fraction of sp³-hybridized carbons (Fsp3) is 0.133. The van der Waals surface area contributed by atoms with Gasteiger partial charge in [-0.05, 0) is 24.3 Å². The number of nitrogens with one attached hydrogen (secondary N) is 2. The molecule has 2 rings (SSSR count). The number of furan rings is 1. The highest BCUT2D eigenvalue weighted by Crippen LogP contribution is 2.25. The van der Waals surface area contributed by atoms with E-state index in [1.165, 1.54) is 24.5 Å². The van der Waals surface area contributed by atoms with Crippen molar-refractivity contribution in [1.82, 2.24) is 10.6 Å². The van der Waals surface area contributed by atoms with Gasteiger partial charge in [0.1, 0.15) is 5.76 Å². The molecule has 3 amide bonds. The maximum absolute atomic E-state index is 11.8. The Morgan fingerprint density at radius 3 is 2.62 bits per heavy atom. The highest BCUT2D eigenvalue weighted by molar-refractivity contribution is 6.43. The fourth-order valence-electron chi connectivity index (χ4n) is 1.66. The van der Waals surface area contributed by atoms with Crippen molar-refractivity contribution in [3.8, 4) is 0 Å². The van der Waals surface area contributed by atoms with E-state index in [0.29, 0.717) is 5.76 Å². The molecule has 1 heterocycles. The van der Waals surface area contributed by atoms with Crippen LogP contribution >= 0.6 is 23.2 Å². The van der Waals surface area contributed by atoms with Crippen molar-refractivity contribution in [1.29, 1.82) is 0 Å². The maximum Gasteiger partial charge on any atom is 0.340 e. The van der Waals surface area contributed by atoms with Crippen LogP contribution in [0.5, 0.6) is 0 Å². The zero-order valence-corrected chi connectivity index (χ0v) is 13.7. The zero-order valence-electron chi connectivity index (χ0n) is 12.2. The molecule has 0 aliphatic rings. The number of rotatable bonds is 5. The molecular weight excluding hydrogens is 359 g/mol. The minimum Gasteiger partial charge on any atom is -0.467 e. The summed E-state index contributed by atoms with van der Waals surface area (Å²) >= 11 is 11.7. The van der Waals surface area contributed by atoms with Crippen LogP contribution in [0.3, 0.4) is 0 Å². The fourth-order valence-corrected chi connectivity index (χ4v) is 2.04. The molecule has 0 spiro atoms. The summed E-state index contributed by atoms with van der Waals surface area (Å²) in [5.41, 5.74) is 0.0271. The number of esters is 1. The van der Waals surface area contributed by atoms with Crippen LogP contribution in [0.1, 0.15) is 16.1 Å². The average Bonchev–Trinajstić information content (AvgIpc) is 3.07. The monoisotopic (exact) mass is 370 g/mol. The predicted molar refractivity (Wildman–Crippen MR) is 85.8 cm³/mol. The van der Waals surface area contributed by atoms with Crippen LogP contribution in [0.25, 0.3) is 0 Å². The molecular formula is C15H12Cl2N2O5. The Morgan fingerprint density at radius 1 is 1.12 bits per heavy atom. The summed E-state index contributed by atoms with van der Waals surface area (Å²) in [7, 11) is 0. The number of ether oxygens (including phenoxy) is 1. The Labute approximate surface area is 146 Å². The Balaban J connectivity index is 1.77. The van der Waals surface area contributed by atoms with Gasteiger partial charge in [-0.1, -0.05) is 29.3 Å². The molecule has 0 atom stereocenters. The predicted octanol–water partition coefficient (Wildman–Crippen LogP) is 2.77. The summed E-state index contributed by atoms with van der Waals surface area (Å²) in [4.78, 5) is 34.9. The summed E-state index contributed by atoms with van der Waals surface area (Å²) in [6, 6.07) is 7.03. The van der Waals surface area contributed by atoms with Gasteiger partial charge >= 0.3 is 12.0 Å². The van der Waals surface area contributed by atoms with E-state index < -0.39 is 24.5 Å². The second kappa shape index (κ2) is 8.37. The van der Waals surface area contributed by atoms with Crippen molar-refractivity contribution < 1.29 is 23.5 Å². The largest absolute Gasteiger partial charge is 0.467 e.